The Hall–Kier alpha value is -3.15. The van der Waals surface area contributed by atoms with Gasteiger partial charge in [-0.3, -0.25) is 9.69 Å². The first-order valence-corrected chi connectivity index (χ1v) is 10.9. The van der Waals surface area contributed by atoms with Crippen molar-refractivity contribution in [2.75, 3.05) is 13.3 Å². The van der Waals surface area contributed by atoms with E-state index in [-0.39, 0.29) is 5.78 Å². The number of thiophene rings is 1. The summed E-state index contributed by atoms with van der Waals surface area (Å²) in [5.41, 5.74) is 2.63. The topological polar surface area (TPSA) is 38.8 Å². The molecular weight excluding hydrogens is 394 g/mol. The third kappa shape index (κ3) is 3.82. The van der Waals surface area contributed by atoms with Gasteiger partial charge in [0, 0.05) is 18.0 Å². The van der Waals surface area contributed by atoms with Gasteiger partial charge in [0.2, 0.25) is 5.78 Å². The molecule has 2 aliphatic heterocycles. The Morgan fingerprint density at radius 3 is 2.80 bits per heavy atom. The quantitative estimate of drug-likeness (QED) is 0.529. The number of fused-ring (bicyclic) bond motifs is 3. The van der Waals surface area contributed by atoms with Gasteiger partial charge in [-0.2, -0.15) is 0 Å². The molecule has 3 heterocycles. The minimum absolute atomic E-state index is 0.0822. The number of carbonyl (C=O) groups excluding carboxylic acids is 1. The highest BCUT2D eigenvalue weighted by Gasteiger charge is 2.33. The molecule has 3 aromatic rings. The van der Waals surface area contributed by atoms with Gasteiger partial charge in [0.25, 0.3) is 0 Å². The van der Waals surface area contributed by atoms with Crippen molar-refractivity contribution in [3.63, 3.8) is 0 Å². The Bertz CT molecular complexity index is 1120. The molecule has 0 fully saturated rings. The van der Waals surface area contributed by atoms with E-state index in [1.165, 1.54) is 4.88 Å². The van der Waals surface area contributed by atoms with Gasteiger partial charge in [-0.25, -0.2) is 0 Å². The number of rotatable bonds is 5. The molecule has 5 rings (SSSR count). The fourth-order valence-electron chi connectivity index (χ4n) is 3.70. The Morgan fingerprint density at radius 1 is 1.07 bits per heavy atom. The molecule has 2 aromatic carbocycles. The first kappa shape index (κ1) is 18.9. The van der Waals surface area contributed by atoms with Crippen molar-refractivity contribution in [1.82, 2.24) is 4.90 Å². The van der Waals surface area contributed by atoms with Gasteiger partial charge < -0.3 is 9.47 Å². The van der Waals surface area contributed by atoms with Gasteiger partial charge >= 0.3 is 0 Å². The lowest BCUT2D eigenvalue weighted by Crippen LogP contribution is -2.33. The number of Topliss-reactive ketones (excluding diaryl/α,β-unsaturated/α-hetero) is 1. The van der Waals surface area contributed by atoms with Crippen LogP contribution in [0.1, 0.15) is 26.4 Å². The van der Waals surface area contributed by atoms with Crippen molar-refractivity contribution in [2.24, 2.45) is 0 Å². The highest BCUT2D eigenvalue weighted by molar-refractivity contribution is 7.09. The minimum Gasteiger partial charge on any atom is -0.478 e. The summed E-state index contributed by atoms with van der Waals surface area (Å²) >= 11 is 1.77. The molecule has 4 nitrogen and oxygen atoms in total. The number of benzene rings is 2. The van der Waals surface area contributed by atoms with Gasteiger partial charge in [0.1, 0.15) is 18.2 Å². The molecular formula is C25H21NO3S. The number of ether oxygens (including phenoxy) is 2. The van der Waals surface area contributed by atoms with E-state index in [0.29, 0.717) is 30.3 Å². The minimum atomic E-state index is -0.0822. The predicted octanol–water partition coefficient (Wildman–Crippen LogP) is 5.32. The zero-order valence-corrected chi connectivity index (χ0v) is 17.2. The molecule has 0 saturated carbocycles. The van der Waals surface area contributed by atoms with Crippen molar-refractivity contribution in [1.29, 1.82) is 0 Å². The number of allylic oxidation sites excluding steroid dienone is 3. The molecule has 0 radical (unpaired) electrons. The number of ketones is 1. The lowest BCUT2D eigenvalue weighted by Gasteiger charge is -2.29. The van der Waals surface area contributed by atoms with Crippen LogP contribution in [0, 0.1) is 0 Å². The van der Waals surface area contributed by atoms with E-state index in [2.05, 4.69) is 22.4 Å². The second-order valence-corrected chi connectivity index (χ2v) is 8.34. The molecule has 5 heteroatoms. The molecule has 0 amide bonds. The summed E-state index contributed by atoms with van der Waals surface area (Å²) in [5.74, 6) is 1.70. The number of carbonyl (C=O) groups is 1. The van der Waals surface area contributed by atoms with Crippen LogP contribution in [0.25, 0.3) is 6.08 Å². The maximum absolute atomic E-state index is 12.8. The number of nitrogens with zero attached hydrogens (tertiary/aromatic N) is 1. The Labute approximate surface area is 179 Å². The van der Waals surface area contributed by atoms with Gasteiger partial charge in [-0.1, -0.05) is 48.6 Å². The zero-order valence-electron chi connectivity index (χ0n) is 16.4. The van der Waals surface area contributed by atoms with Gasteiger partial charge in [0.05, 0.1) is 11.1 Å². The van der Waals surface area contributed by atoms with E-state index in [1.807, 2.05) is 48.6 Å². The molecule has 2 aliphatic rings. The van der Waals surface area contributed by atoms with Crippen molar-refractivity contribution in [3.8, 4) is 11.5 Å². The van der Waals surface area contributed by atoms with Crippen LogP contribution < -0.4 is 9.47 Å². The summed E-state index contributed by atoms with van der Waals surface area (Å²) < 4.78 is 12.0. The molecule has 0 N–H and O–H groups in total. The fourth-order valence-corrected chi connectivity index (χ4v) is 4.39. The normalized spacial score (nSPS) is 17.1. The first-order valence-electron chi connectivity index (χ1n) is 9.97. The highest BCUT2D eigenvalue weighted by atomic mass is 32.1. The number of hydrogen-bond acceptors (Lipinski definition) is 5. The third-order valence-electron chi connectivity index (χ3n) is 5.27. The molecule has 0 atom stereocenters. The van der Waals surface area contributed by atoms with Crippen LogP contribution in [0.2, 0.25) is 0 Å². The second kappa shape index (κ2) is 8.30. The summed E-state index contributed by atoms with van der Waals surface area (Å²) in [6, 6.07) is 17.9. The summed E-state index contributed by atoms with van der Waals surface area (Å²) in [6.45, 7) is 2.16. The fraction of sp³-hybridized carbons (Fsp3) is 0.160. The van der Waals surface area contributed by atoms with E-state index in [0.717, 1.165) is 29.8 Å². The molecule has 0 spiro atoms. The van der Waals surface area contributed by atoms with Crippen LogP contribution in [0.3, 0.4) is 0 Å². The Balaban J connectivity index is 1.33. The van der Waals surface area contributed by atoms with E-state index in [1.54, 1.807) is 23.5 Å². The third-order valence-corrected chi connectivity index (χ3v) is 6.21. The molecule has 1 aromatic heterocycles. The lowest BCUT2D eigenvalue weighted by molar-refractivity contribution is 0.0951. The molecule has 0 bridgehead atoms. The average Bonchev–Trinajstić information content (AvgIpc) is 3.41. The van der Waals surface area contributed by atoms with Crippen LogP contribution >= 0.6 is 11.3 Å². The molecule has 0 saturated heterocycles. The molecule has 0 aliphatic carbocycles. The Kier molecular flexibility index (Phi) is 5.22. The van der Waals surface area contributed by atoms with E-state index < -0.39 is 0 Å². The van der Waals surface area contributed by atoms with E-state index >= 15 is 0 Å². The first-order chi connectivity index (χ1) is 14.8. The standard InChI is InChI=1S/C25H21NO3S/c27-24-20-11-12-22-21(16-26(17-28-22)14-13-19-9-5-15-30-19)25(20)29-23(24)10-4-8-18-6-2-1-3-7-18/h1-12,15H,13-14,16-17H2/b8-4+,23-10-. The SMILES string of the molecule is O=C1/C(=C/C=C/c2ccccc2)Oc2c1ccc1c2CN(CCc2cccs2)CO1. The smallest absolute Gasteiger partial charge is 0.231 e. The monoisotopic (exact) mass is 415 g/mol. The summed E-state index contributed by atoms with van der Waals surface area (Å²) in [6.07, 6.45) is 6.53. The van der Waals surface area contributed by atoms with Crippen molar-refractivity contribution in [2.45, 2.75) is 13.0 Å². The summed E-state index contributed by atoms with van der Waals surface area (Å²) in [4.78, 5) is 16.4. The van der Waals surface area contributed by atoms with Crippen LogP contribution in [-0.4, -0.2) is 24.0 Å². The lowest BCUT2D eigenvalue weighted by atomic mass is 10.0. The average molecular weight is 416 g/mol. The zero-order chi connectivity index (χ0) is 20.3. The largest absolute Gasteiger partial charge is 0.478 e. The van der Waals surface area contributed by atoms with Crippen LogP contribution in [-0.2, 0) is 13.0 Å². The molecule has 150 valence electrons. The summed E-state index contributed by atoms with van der Waals surface area (Å²) in [7, 11) is 0. The van der Waals surface area contributed by atoms with Crippen LogP contribution in [0.5, 0.6) is 11.5 Å². The van der Waals surface area contributed by atoms with Crippen molar-refractivity contribution in [3.05, 3.63) is 99.5 Å². The van der Waals surface area contributed by atoms with E-state index in [4.69, 9.17) is 9.47 Å². The van der Waals surface area contributed by atoms with Crippen LogP contribution in [0.15, 0.2) is 77.9 Å². The van der Waals surface area contributed by atoms with Crippen molar-refractivity contribution < 1.29 is 14.3 Å². The van der Waals surface area contributed by atoms with Crippen LogP contribution in [0.4, 0.5) is 0 Å². The van der Waals surface area contributed by atoms with Crippen molar-refractivity contribution >= 4 is 23.2 Å². The van der Waals surface area contributed by atoms with Gasteiger partial charge in [0.15, 0.2) is 5.76 Å². The molecule has 30 heavy (non-hydrogen) atoms. The van der Waals surface area contributed by atoms with Gasteiger partial charge in [-0.15, -0.1) is 11.3 Å². The maximum Gasteiger partial charge on any atom is 0.231 e. The predicted molar refractivity (Wildman–Crippen MR) is 119 cm³/mol. The molecule has 0 unspecified atom stereocenters. The van der Waals surface area contributed by atoms with E-state index in [9.17, 15) is 4.79 Å². The summed E-state index contributed by atoms with van der Waals surface area (Å²) in [5, 5.41) is 2.10. The maximum atomic E-state index is 12.8. The van der Waals surface area contributed by atoms with Gasteiger partial charge in [-0.05, 0) is 41.6 Å². The number of hydrogen-bond donors (Lipinski definition) is 0. The Morgan fingerprint density at radius 2 is 1.97 bits per heavy atom. The highest BCUT2D eigenvalue weighted by Crippen LogP contribution is 2.41. The second-order valence-electron chi connectivity index (χ2n) is 7.31.